The molecule has 5 heteroatoms. The maximum Gasteiger partial charge on any atom is 0.236 e. The van der Waals surface area contributed by atoms with Gasteiger partial charge in [-0.2, -0.15) is 0 Å². The fourth-order valence-corrected chi connectivity index (χ4v) is 1.68. The highest BCUT2D eigenvalue weighted by Crippen LogP contribution is 2.29. The summed E-state index contributed by atoms with van der Waals surface area (Å²) in [7, 11) is 0. The van der Waals surface area contributed by atoms with Crippen molar-refractivity contribution in [2.45, 2.75) is 26.3 Å². The summed E-state index contributed by atoms with van der Waals surface area (Å²) in [4.78, 5) is 23.8. The molecule has 0 radical (unpaired) electrons. The van der Waals surface area contributed by atoms with Crippen molar-refractivity contribution < 1.29 is 9.59 Å². The van der Waals surface area contributed by atoms with Crippen LogP contribution in [0, 0.1) is 5.41 Å². The average Bonchev–Trinajstić information content (AvgIpc) is 2.24. The van der Waals surface area contributed by atoms with Gasteiger partial charge < -0.3 is 16.4 Å². The highest BCUT2D eigenvalue weighted by atomic mass is 16.2. The minimum absolute atomic E-state index is 0.0194. The van der Waals surface area contributed by atoms with Crippen molar-refractivity contribution in [3.63, 3.8) is 0 Å². The largest absolute Gasteiger partial charge is 0.368 e. The Labute approximate surface area is 83.4 Å². The molecule has 1 aliphatic rings. The van der Waals surface area contributed by atoms with E-state index in [9.17, 15) is 9.59 Å². The molecule has 0 saturated carbocycles. The standard InChI is InChI=1S/C9H17N3O2/c1-9(2)3-7(13)12(5-9)4-6(10)8(11)14/h6H,3-5,10H2,1-2H3,(H2,11,14). The molecule has 1 rings (SSSR count). The highest BCUT2D eigenvalue weighted by Gasteiger charge is 2.36. The predicted molar refractivity (Wildman–Crippen MR) is 52.1 cm³/mol. The molecule has 0 bridgehead atoms. The highest BCUT2D eigenvalue weighted by molar-refractivity contribution is 5.83. The molecule has 1 heterocycles. The lowest BCUT2D eigenvalue weighted by molar-refractivity contribution is -0.128. The Morgan fingerprint density at radius 1 is 1.64 bits per heavy atom. The minimum Gasteiger partial charge on any atom is -0.368 e. The normalized spacial score (nSPS) is 22.5. The zero-order chi connectivity index (χ0) is 10.9. The molecule has 2 amide bonds. The van der Waals surface area contributed by atoms with Crippen molar-refractivity contribution >= 4 is 11.8 Å². The molecule has 1 saturated heterocycles. The molecule has 80 valence electrons. The zero-order valence-electron chi connectivity index (χ0n) is 8.62. The van der Waals surface area contributed by atoms with Crippen LogP contribution < -0.4 is 11.5 Å². The topological polar surface area (TPSA) is 89.4 Å². The van der Waals surface area contributed by atoms with Crippen molar-refractivity contribution in [2.75, 3.05) is 13.1 Å². The molecular formula is C9H17N3O2. The van der Waals surface area contributed by atoms with Crippen LogP contribution in [0.25, 0.3) is 0 Å². The second kappa shape index (κ2) is 3.57. The van der Waals surface area contributed by atoms with Gasteiger partial charge in [0.05, 0.1) is 0 Å². The maximum absolute atomic E-state index is 11.5. The molecule has 1 fully saturated rings. The first-order valence-electron chi connectivity index (χ1n) is 4.64. The summed E-state index contributed by atoms with van der Waals surface area (Å²) in [5.74, 6) is -0.519. The third-order valence-electron chi connectivity index (χ3n) is 2.38. The quantitative estimate of drug-likeness (QED) is 0.614. The minimum atomic E-state index is -0.757. The molecule has 14 heavy (non-hydrogen) atoms. The number of carbonyl (C=O) groups is 2. The van der Waals surface area contributed by atoms with Crippen LogP contribution >= 0.6 is 0 Å². The molecule has 1 unspecified atom stereocenters. The monoisotopic (exact) mass is 199 g/mol. The molecule has 0 spiro atoms. The van der Waals surface area contributed by atoms with Crippen LogP contribution in [-0.4, -0.2) is 35.8 Å². The molecule has 1 aliphatic heterocycles. The van der Waals surface area contributed by atoms with Crippen molar-refractivity contribution in [1.82, 2.24) is 4.90 Å². The first kappa shape index (κ1) is 11.0. The maximum atomic E-state index is 11.5. The van der Waals surface area contributed by atoms with E-state index >= 15 is 0 Å². The van der Waals surface area contributed by atoms with Crippen molar-refractivity contribution in [3.05, 3.63) is 0 Å². The number of nitrogens with two attached hydrogens (primary N) is 2. The van der Waals surface area contributed by atoms with Gasteiger partial charge in [0.1, 0.15) is 6.04 Å². The Kier molecular flexibility index (Phi) is 2.80. The van der Waals surface area contributed by atoms with Crippen molar-refractivity contribution in [1.29, 1.82) is 0 Å². The molecular weight excluding hydrogens is 182 g/mol. The summed E-state index contributed by atoms with van der Waals surface area (Å²) in [6.07, 6.45) is 0.512. The van der Waals surface area contributed by atoms with E-state index in [2.05, 4.69) is 0 Å². The van der Waals surface area contributed by atoms with Gasteiger partial charge in [-0.15, -0.1) is 0 Å². The van der Waals surface area contributed by atoms with E-state index in [0.29, 0.717) is 13.0 Å². The molecule has 0 aliphatic carbocycles. The second-order valence-electron chi connectivity index (χ2n) is 4.62. The summed E-state index contributed by atoms with van der Waals surface area (Å²) >= 11 is 0. The van der Waals surface area contributed by atoms with Crippen LogP contribution in [0.1, 0.15) is 20.3 Å². The predicted octanol–water partition coefficient (Wildman–Crippen LogP) is -0.942. The third-order valence-corrected chi connectivity index (χ3v) is 2.38. The number of nitrogens with zero attached hydrogens (tertiary/aromatic N) is 1. The Bertz CT molecular complexity index is 263. The number of amides is 2. The Hall–Kier alpha value is -1.10. The number of rotatable bonds is 3. The summed E-state index contributed by atoms with van der Waals surface area (Å²) in [6.45, 7) is 4.91. The molecule has 0 aromatic rings. The van der Waals surface area contributed by atoms with Gasteiger partial charge in [-0.05, 0) is 5.41 Å². The SMILES string of the molecule is CC1(C)CC(=O)N(CC(N)C(N)=O)C1. The summed E-state index contributed by atoms with van der Waals surface area (Å²) in [5, 5.41) is 0. The number of hydrogen-bond donors (Lipinski definition) is 2. The van der Waals surface area contributed by atoms with E-state index in [1.165, 1.54) is 0 Å². The number of likely N-dealkylation sites (tertiary alicyclic amines) is 1. The van der Waals surface area contributed by atoms with Gasteiger partial charge in [0, 0.05) is 19.5 Å². The van der Waals surface area contributed by atoms with Crippen molar-refractivity contribution in [2.24, 2.45) is 16.9 Å². The van der Waals surface area contributed by atoms with E-state index in [0.717, 1.165) is 0 Å². The van der Waals surface area contributed by atoms with Gasteiger partial charge in [-0.1, -0.05) is 13.8 Å². The van der Waals surface area contributed by atoms with Crippen LogP contribution in [0.2, 0.25) is 0 Å². The first-order chi connectivity index (χ1) is 6.32. The third kappa shape index (κ3) is 2.45. The van der Waals surface area contributed by atoms with Gasteiger partial charge >= 0.3 is 0 Å². The summed E-state index contributed by atoms with van der Waals surface area (Å²) in [6, 6.07) is -0.757. The van der Waals surface area contributed by atoms with Gasteiger partial charge in [0.2, 0.25) is 11.8 Å². The van der Waals surface area contributed by atoms with Crippen LogP contribution in [0.3, 0.4) is 0 Å². The zero-order valence-corrected chi connectivity index (χ0v) is 8.62. The van der Waals surface area contributed by atoms with E-state index in [1.54, 1.807) is 4.90 Å². The van der Waals surface area contributed by atoms with Crippen LogP contribution in [0.15, 0.2) is 0 Å². The first-order valence-corrected chi connectivity index (χ1v) is 4.64. The van der Waals surface area contributed by atoms with Gasteiger partial charge in [0.15, 0.2) is 0 Å². The lowest BCUT2D eigenvalue weighted by atomic mass is 9.93. The van der Waals surface area contributed by atoms with E-state index < -0.39 is 11.9 Å². The Morgan fingerprint density at radius 3 is 2.57 bits per heavy atom. The second-order valence-corrected chi connectivity index (χ2v) is 4.62. The Balaban J connectivity index is 2.55. The molecule has 5 nitrogen and oxygen atoms in total. The lowest BCUT2D eigenvalue weighted by Gasteiger charge is -2.21. The smallest absolute Gasteiger partial charge is 0.236 e. The fraction of sp³-hybridized carbons (Fsp3) is 0.778. The van der Waals surface area contributed by atoms with Crippen LogP contribution in [0.5, 0.6) is 0 Å². The molecule has 0 aromatic carbocycles. The summed E-state index contributed by atoms with van der Waals surface area (Å²) < 4.78 is 0. The van der Waals surface area contributed by atoms with Crippen molar-refractivity contribution in [3.8, 4) is 0 Å². The van der Waals surface area contributed by atoms with E-state index in [4.69, 9.17) is 11.5 Å². The van der Waals surface area contributed by atoms with Gasteiger partial charge in [0.25, 0.3) is 0 Å². The van der Waals surface area contributed by atoms with Crippen LogP contribution in [-0.2, 0) is 9.59 Å². The molecule has 4 N–H and O–H groups in total. The van der Waals surface area contributed by atoms with Crippen LogP contribution in [0.4, 0.5) is 0 Å². The van der Waals surface area contributed by atoms with Gasteiger partial charge in [-0.25, -0.2) is 0 Å². The molecule has 1 atom stereocenters. The lowest BCUT2D eigenvalue weighted by Crippen LogP contribution is -2.46. The summed E-state index contributed by atoms with van der Waals surface area (Å²) in [5.41, 5.74) is 10.5. The van der Waals surface area contributed by atoms with E-state index in [1.807, 2.05) is 13.8 Å². The fourth-order valence-electron chi connectivity index (χ4n) is 1.68. The number of hydrogen-bond acceptors (Lipinski definition) is 3. The van der Waals surface area contributed by atoms with E-state index in [-0.39, 0.29) is 17.9 Å². The number of primary amides is 1. The average molecular weight is 199 g/mol. The van der Waals surface area contributed by atoms with Gasteiger partial charge in [-0.3, -0.25) is 9.59 Å². The number of carbonyl (C=O) groups excluding carboxylic acids is 2. The molecule has 0 aromatic heterocycles. The Morgan fingerprint density at radius 2 is 2.21 bits per heavy atom.